The van der Waals surface area contributed by atoms with E-state index in [1.165, 1.54) is 0 Å². The highest BCUT2D eigenvalue weighted by Gasteiger charge is 2.28. The summed E-state index contributed by atoms with van der Waals surface area (Å²) in [7, 11) is 1.59. The number of methoxy groups -OCH3 is 1. The molecule has 1 N–H and O–H groups in total. The van der Waals surface area contributed by atoms with Gasteiger partial charge in [-0.15, -0.1) is 0 Å². The van der Waals surface area contributed by atoms with Gasteiger partial charge in [-0.1, -0.05) is 12.1 Å². The van der Waals surface area contributed by atoms with Crippen molar-refractivity contribution in [1.82, 2.24) is 4.90 Å². The van der Waals surface area contributed by atoms with Crippen LogP contribution in [0.4, 0.5) is 0 Å². The third-order valence-electron chi connectivity index (χ3n) is 3.85. The average Bonchev–Trinajstić information content (AvgIpc) is 2.47. The van der Waals surface area contributed by atoms with Crippen LogP contribution in [0.3, 0.4) is 0 Å². The van der Waals surface area contributed by atoms with E-state index in [1.807, 2.05) is 24.3 Å². The van der Waals surface area contributed by atoms with Gasteiger partial charge in [0, 0.05) is 12.6 Å². The van der Waals surface area contributed by atoms with E-state index >= 15 is 0 Å². The van der Waals surface area contributed by atoms with E-state index in [1.54, 1.807) is 12.0 Å². The second-order valence-electron chi connectivity index (χ2n) is 5.36. The predicted molar refractivity (Wildman–Crippen MR) is 78.3 cm³/mol. The fourth-order valence-electron chi connectivity index (χ4n) is 2.80. The highest BCUT2D eigenvalue weighted by Crippen LogP contribution is 2.21. The molecular weight excluding hydrogens is 270 g/mol. The van der Waals surface area contributed by atoms with E-state index in [0.717, 1.165) is 30.6 Å². The van der Waals surface area contributed by atoms with E-state index in [2.05, 4.69) is 0 Å². The van der Waals surface area contributed by atoms with Gasteiger partial charge < -0.3 is 14.7 Å². The third kappa shape index (κ3) is 4.21. The Hall–Kier alpha value is -2.04. The Morgan fingerprint density at radius 1 is 1.38 bits per heavy atom. The van der Waals surface area contributed by atoms with Crippen LogP contribution < -0.4 is 4.74 Å². The minimum Gasteiger partial charge on any atom is -0.497 e. The number of nitrogens with zero attached hydrogens (tertiary/aromatic N) is 1. The molecule has 1 aromatic carbocycles. The number of carbonyl (C=O) groups excluding carboxylic acids is 1. The van der Waals surface area contributed by atoms with Crippen molar-refractivity contribution >= 4 is 11.9 Å². The molecule has 1 aromatic rings. The summed E-state index contributed by atoms with van der Waals surface area (Å²) in [4.78, 5) is 25.1. The Labute approximate surface area is 124 Å². The molecular formula is C16H21NO4. The molecule has 1 saturated heterocycles. The quantitative estimate of drug-likeness (QED) is 0.902. The van der Waals surface area contributed by atoms with Gasteiger partial charge in [0.2, 0.25) is 5.91 Å². The van der Waals surface area contributed by atoms with Gasteiger partial charge in [-0.25, -0.2) is 0 Å². The highest BCUT2D eigenvalue weighted by atomic mass is 16.5. The molecule has 0 spiro atoms. The number of carboxylic acids is 1. The predicted octanol–water partition coefficient (Wildman–Crippen LogP) is 2.09. The topological polar surface area (TPSA) is 66.8 Å². The van der Waals surface area contributed by atoms with Crippen molar-refractivity contribution in [2.24, 2.45) is 0 Å². The molecule has 1 heterocycles. The van der Waals surface area contributed by atoms with Gasteiger partial charge in [-0.2, -0.15) is 0 Å². The van der Waals surface area contributed by atoms with Crippen LogP contribution in [-0.2, 0) is 16.0 Å². The summed E-state index contributed by atoms with van der Waals surface area (Å²) >= 11 is 0. The smallest absolute Gasteiger partial charge is 0.305 e. The second-order valence-corrected chi connectivity index (χ2v) is 5.36. The first-order chi connectivity index (χ1) is 10.1. The van der Waals surface area contributed by atoms with E-state index < -0.39 is 5.97 Å². The molecule has 2 rings (SSSR count). The van der Waals surface area contributed by atoms with Gasteiger partial charge in [-0.05, 0) is 37.0 Å². The second kappa shape index (κ2) is 7.11. The molecule has 1 aliphatic rings. The first-order valence-corrected chi connectivity index (χ1v) is 7.24. The molecule has 1 fully saturated rings. The Kier molecular flexibility index (Phi) is 5.20. The van der Waals surface area contributed by atoms with Crippen molar-refractivity contribution in [3.05, 3.63) is 29.8 Å². The van der Waals surface area contributed by atoms with Crippen LogP contribution in [0.1, 0.15) is 31.2 Å². The lowest BCUT2D eigenvalue weighted by atomic mass is 9.98. The Balaban J connectivity index is 2.04. The Morgan fingerprint density at radius 3 is 2.90 bits per heavy atom. The minimum atomic E-state index is -0.846. The summed E-state index contributed by atoms with van der Waals surface area (Å²) in [6.45, 7) is 0.654. The summed E-state index contributed by atoms with van der Waals surface area (Å²) in [5.41, 5.74) is 0.888. The number of carboxylic acid groups (broad SMARTS) is 1. The van der Waals surface area contributed by atoms with Crippen molar-refractivity contribution in [1.29, 1.82) is 0 Å². The SMILES string of the molecule is COc1cccc(CC(=O)N2CCCCC2CC(=O)O)c1. The zero-order chi connectivity index (χ0) is 15.2. The summed E-state index contributed by atoms with van der Waals surface area (Å²) in [5.74, 6) is -0.128. The maximum atomic E-state index is 12.5. The van der Waals surface area contributed by atoms with Crippen molar-refractivity contribution in [3.8, 4) is 5.75 Å². The number of benzene rings is 1. The Bertz CT molecular complexity index is 515. The maximum Gasteiger partial charge on any atom is 0.305 e. The molecule has 0 aliphatic carbocycles. The van der Waals surface area contributed by atoms with Crippen LogP contribution in [0.5, 0.6) is 5.75 Å². The number of ether oxygens (including phenoxy) is 1. The lowest BCUT2D eigenvalue weighted by Crippen LogP contribution is -2.45. The van der Waals surface area contributed by atoms with Crippen LogP contribution >= 0.6 is 0 Å². The molecule has 0 radical (unpaired) electrons. The number of likely N-dealkylation sites (tertiary alicyclic amines) is 1. The summed E-state index contributed by atoms with van der Waals surface area (Å²) in [5, 5.41) is 8.97. The number of aliphatic carboxylic acids is 1. The van der Waals surface area contributed by atoms with Gasteiger partial charge in [0.15, 0.2) is 0 Å². The molecule has 5 nitrogen and oxygen atoms in total. The fraction of sp³-hybridized carbons (Fsp3) is 0.500. The lowest BCUT2D eigenvalue weighted by molar-refractivity contribution is -0.141. The number of hydrogen-bond acceptors (Lipinski definition) is 3. The average molecular weight is 291 g/mol. The monoisotopic (exact) mass is 291 g/mol. The van der Waals surface area contributed by atoms with Crippen LogP contribution in [-0.4, -0.2) is 41.6 Å². The molecule has 0 aromatic heterocycles. The van der Waals surface area contributed by atoms with Crippen molar-refractivity contribution in [2.45, 2.75) is 38.1 Å². The van der Waals surface area contributed by atoms with Gasteiger partial charge in [0.05, 0.1) is 20.0 Å². The largest absolute Gasteiger partial charge is 0.497 e. The van der Waals surface area contributed by atoms with Crippen LogP contribution in [0.15, 0.2) is 24.3 Å². The van der Waals surface area contributed by atoms with Gasteiger partial charge in [-0.3, -0.25) is 9.59 Å². The zero-order valence-electron chi connectivity index (χ0n) is 12.2. The minimum absolute atomic E-state index is 0.00537. The normalized spacial score (nSPS) is 18.3. The number of piperidine rings is 1. The third-order valence-corrected chi connectivity index (χ3v) is 3.85. The number of hydrogen-bond donors (Lipinski definition) is 1. The summed E-state index contributed by atoms with van der Waals surface area (Å²) < 4.78 is 5.15. The molecule has 1 unspecified atom stereocenters. The molecule has 5 heteroatoms. The lowest BCUT2D eigenvalue weighted by Gasteiger charge is -2.35. The number of amides is 1. The molecule has 114 valence electrons. The molecule has 0 bridgehead atoms. The standard InChI is InChI=1S/C16H21NO4/c1-21-14-7-4-5-12(9-14)10-15(18)17-8-3-2-6-13(17)11-16(19)20/h4-5,7,9,13H,2-3,6,8,10-11H2,1H3,(H,19,20). The van der Waals surface area contributed by atoms with E-state index in [-0.39, 0.29) is 24.8 Å². The summed E-state index contributed by atoms with van der Waals surface area (Å²) in [6, 6.07) is 7.24. The van der Waals surface area contributed by atoms with Gasteiger partial charge in [0.25, 0.3) is 0 Å². The first kappa shape index (κ1) is 15.4. The van der Waals surface area contributed by atoms with E-state index in [0.29, 0.717) is 6.54 Å². The van der Waals surface area contributed by atoms with Gasteiger partial charge >= 0.3 is 5.97 Å². The summed E-state index contributed by atoms with van der Waals surface area (Å²) in [6.07, 6.45) is 3.02. The maximum absolute atomic E-state index is 12.5. The number of carbonyl (C=O) groups is 2. The molecule has 0 saturated carbocycles. The molecule has 1 aliphatic heterocycles. The fourth-order valence-corrected chi connectivity index (χ4v) is 2.80. The van der Waals surface area contributed by atoms with Crippen LogP contribution in [0, 0.1) is 0 Å². The van der Waals surface area contributed by atoms with E-state index in [9.17, 15) is 9.59 Å². The Morgan fingerprint density at radius 2 is 2.19 bits per heavy atom. The van der Waals surface area contributed by atoms with Gasteiger partial charge in [0.1, 0.15) is 5.75 Å². The zero-order valence-corrected chi connectivity index (χ0v) is 12.2. The number of rotatable bonds is 5. The molecule has 1 amide bonds. The molecule has 21 heavy (non-hydrogen) atoms. The van der Waals surface area contributed by atoms with E-state index in [4.69, 9.17) is 9.84 Å². The molecule has 1 atom stereocenters. The van der Waals surface area contributed by atoms with Crippen molar-refractivity contribution in [3.63, 3.8) is 0 Å². The first-order valence-electron chi connectivity index (χ1n) is 7.24. The van der Waals surface area contributed by atoms with Crippen LogP contribution in [0.25, 0.3) is 0 Å². The van der Waals surface area contributed by atoms with Crippen molar-refractivity contribution in [2.75, 3.05) is 13.7 Å². The van der Waals surface area contributed by atoms with Crippen LogP contribution in [0.2, 0.25) is 0 Å². The highest BCUT2D eigenvalue weighted by molar-refractivity contribution is 5.80. The van der Waals surface area contributed by atoms with Crippen molar-refractivity contribution < 1.29 is 19.4 Å².